The van der Waals surface area contributed by atoms with E-state index in [0.29, 0.717) is 25.5 Å². The quantitative estimate of drug-likeness (QED) is 0.277. The maximum absolute atomic E-state index is 11.8. The molecule has 0 heterocycles. The lowest BCUT2D eigenvalue weighted by molar-refractivity contribution is -0.139. The summed E-state index contributed by atoms with van der Waals surface area (Å²) in [6.45, 7) is 1.45. The first-order valence-electron chi connectivity index (χ1n) is 11.1. The Morgan fingerprint density at radius 3 is 2.62 bits per heavy atom. The van der Waals surface area contributed by atoms with Gasteiger partial charge in [-0.05, 0) is 52.6 Å². The molecule has 4 N–H and O–H groups in total. The van der Waals surface area contributed by atoms with Crippen molar-refractivity contribution in [2.75, 3.05) is 39.3 Å². The lowest BCUT2D eigenvalue weighted by Gasteiger charge is -2.15. The third-order valence-corrected chi connectivity index (χ3v) is 5.40. The Bertz CT molecular complexity index is 1090. The van der Waals surface area contributed by atoms with E-state index in [1.54, 1.807) is 7.11 Å². The van der Waals surface area contributed by atoms with Crippen molar-refractivity contribution in [2.45, 2.75) is 19.1 Å². The number of esters is 1. The fourth-order valence-corrected chi connectivity index (χ4v) is 3.58. The molecule has 3 aromatic carbocycles. The molecular weight excluding hydrogens is 432 g/mol. The number of para-hydroxylation sites is 1. The highest BCUT2D eigenvalue weighted by Gasteiger charge is 2.11. The Balaban J connectivity index is 1.88. The van der Waals surface area contributed by atoms with Gasteiger partial charge in [0.05, 0.1) is 32.8 Å². The fourth-order valence-electron chi connectivity index (χ4n) is 3.58. The van der Waals surface area contributed by atoms with Gasteiger partial charge < -0.3 is 30.4 Å². The highest BCUT2D eigenvalue weighted by Crippen LogP contribution is 2.28. The number of carbonyl (C=O) groups is 1. The summed E-state index contributed by atoms with van der Waals surface area (Å²) in [6, 6.07) is 21.0. The second-order valence-corrected chi connectivity index (χ2v) is 7.90. The molecule has 0 amide bonds. The number of anilines is 1. The first-order valence-corrected chi connectivity index (χ1v) is 11.1. The van der Waals surface area contributed by atoms with E-state index in [1.165, 1.54) is 7.11 Å². The number of hydrogen-bond acceptors (Lipinski definition) is 7. The van der Waals surface area contributed by atoms with Crippen LogP contribution in [0.4, 0.5) is 5.69 Å². The Hall–Kier alpha value is -3.39. The Labute approximate surface area is 200 Å². The van der Waals surface area contributed by atoms with Gasteiger partial charge in [0.25, 0.3) is 0 Å². The normalized spacial score (nSPS) is 11.6. The van der Waals surface area contributed by atoms with E-state index in [1.807, 2.05) is 54.6 Å². The predicted octanol–water partition coefficient (Wildman–Crippen LogP) is 3.70. The molecule has 180 valence electrons. The first kappa shape index (κ1) is 25.2. The molecule has 0 aliphatic carbocycles. The molecule has 0 fully saturated rings. The number of aliphatic hydroxyl groups is 1. The Kier molecular flexibility index (Phi) is 9.46. The number of aliphatic hydroxyl groups excluding tert-OH is 1. The van der Waals surface area contributed by atoms with Crippen LogP contribution in [0, 0.1) is 0 Å². The second kappa shape index (κ2) is 12.7. The van der Waals surface area contributed by atoms with Crippen molar-refractivity contribution in [1.29, 1.82) is 0 Å². The molecule has 34 heavy (non-hydrogen) atoms. The lowest BCUT2D eigenvalue weighted by Crippen LogP contribution is -2.14. The number of carbonyl (C=O) groups excluding carboxylic acids is 1. The SMILES string of the molecule is COCCNc1cc(COc2ccccc2CC(=O)OC)cc(-c2cccc(C(N)CO)c2)c1. The molecule has 3 rings (SSSR count). The minimum absolute atomic E-state index is 0.119. The number of hydrogen-bond donors (Lipinski definition) is 3. The molecule has 0 saturated heterocycles. The van der Waals surface area contributed by atoms with Gasteiger partial charge in [0.1, 0.15) is 12.4 Å². The monoisotopic (exact) mass is 464 g/mol. The number of methoxy groups -OCH3 is 2. The summed E-state index contributed by atoms with van der Waals surface area (Å²) >= 11 is 0. The highest BCUT2D eigenvalue weighted by atomic mass is 16.5. The standard InChI is InChI=1S/C27H32N2O5/c1-32-11-10-29-24-13-19(18-34-26-9-4-3-6-22(26)16-27(31)33-2)12-23(15-24)20-7-5-8-21(14-20)25(28)17-30/h3-9,12-15,25,29-30H,10-11,16-18,28H2,1-2H3. The number of nitrogens with one attached hydrogen (secondary N) is 1. The third kappa shape index (κ3) is 7.05. The van der Waals surface area contributed by atoms with E-state index in [2.05, 4.69) is 17.4 Å². The van der Waals surface area contributed by atoms with Gasteiger partial charge in [0.2, 0.25) is 0 Å². The van der Waals surface area contributed by atoms with Gasteiger partial charge >= 0.3 is 5.97 Å². The summed E-state index contributed by atoms with van der Waals surface area (Å²) in [7, 11) is 3.04. The van der Waals surface area contributed by atoms with Gasteiger partial charge in [-0.1, -0.05) is 36.4 Å². The van der Waals surface area contributed by atoms with Crippen LogP contribution in [-0.2, 0) is 27.3 Å². The van der Waals surface area contributed by atoms with Gasteiger partial charge in [-0.3, -0.25) is 4.79 Å². The van der Waals surface area contributed by atoms with Crippen LogP contribution < -0.4 is 15.8 Å². The van der Waals surface area contributed by atoms with Gasteiger partial charge in [-0.15, -0.1) is 0 Å². The molecule has 0 saturated carbocycles. The molecular formula is C27H32N2O5. The molecule has 7 heteroatoms. The summed E-state index contributed by atoms with van der Waals surface area (Å²) < 4.78 is 16.1. The predicted molar refractivity (Wildman–Crippen MR) is 133 cm³/mol. The summed E-state index contributed by atoms with van der Waals surface area (Å²) in [5, 5.41) is 12.8. The van der Waals surface area contributed by atoms with Crippen molar-refractivity contribution < 1.29 is 24.1 Å². The van der Waals surface area contributed by atoms with Crippen LogP contribution >= 0.6 is 0 Å². The average molecular weight is 465 g/mol. The molecule has 0 aromatic heterocycles. The van der Waals surface area contributed by atoms with Gasteiger partial charge in [-0.25, -0.2) is 0 Å². The summed E-state index contributed by atoms with van der Waals surface area (Å²) in [5.41, 5.74) is 11.5. The Morgan fingerprint density at radius 1 is 1.03 bits per heavy atom. The molecule has 1 atom stereocenters. The van der Waals surface area contributed by atoms with Crippen molar-refractivity contribution in [2.24, 2.45) is 5.73 Å². The second-order valence-electron chi connectivity index (χ2n) is 7.90. The number of benzene rings is 3. The first-order chi connectivity index (χ1) is 16.5. The van der Waals surface area contributed by atoms with Crippen LogP contribution in [0.5, 0.6) is 5.75 Å². The molecule has 0 spiro atoms. The van der Waals surface area contributed by atoms with Crippen molar-refractivity contribution in [3.05, 3.63) is 83.4 Å². The zero-order valence-corrected chi connectivity index (χ0v) is 19.6. The molecule has 0 radical (unpaired) electrons. The summed E-state index contributed by atoms with van der Waals surface area (Å²) in [4.78, 5) is 11.8. The zero-order chi connectivity index (χ0) is 24.3. The largest absolute Gasteiger partial charge is 0.489 e. The van der Waals surface area contributed by atoms with E-state index in [4.69, 9.17) is 19.9 Å². The third-order valence-electron chi connectivity index (χ3n) is 5.40. The van der Waals surface area contributed by atoms with Gasteiger partial charge in [0.15, 0.2) is 0 Å². The molecule has 7 nitrogen and oxygen atoms in total. The number of rotatable bonds is 12. The lowest BCUT2D eigenvalue weighted by atomic mass is 9.98. The van der Waals surface area contributed by atoms with Crippen LogP contribution in [0.1, 0.15) is 22.7 Å². The topological polar surface area (TPSA) is 103 Å². The van der Waals surface area contributed by atoms with E-state index >= 15 is 0 Å². The minimum atomic E-state index is -0.433. The summed E-state index contributed by atoms with van der Waals surface area (Å²) in [5.74, 6) is 0.326. The maximum atomic E-state index is 11.8. The van der Waals surface area contributed by atoms with Crippen molar-refractivity contribution in [3.63, 3.8) is 0 Å². The smallest absolute Gasteiger partial charge is 0.310 e. The van der Waals surface area contributed by atoms with Crippen LogP contribution in [0.3, 0.4) is 0 Å². The van der Waals surface area contributed by atoms with Crippen molar-refractivity contribution >= 4 is 11.7 Å². The minimum Gasteiger partial charge on any atom is -0.489 e. The number of ether oxygens (including phenoxy) is 3. The molecule has 3 aromatic rings. The van der Waals surface area contributed by atoms with E-state index in [0.717, 1.165) is 33.5 Å². The fraction of sp³-hybridized carbons (Fsp3) is 0.296. The molecule has 1 unspecified atom stereocenters. The number of nitrogens with two attached hydrogens (primary N) is 1. The van der Waals surface area contributed by atoms with E-state index in [-0.39, 0.29) is 19.0 Å². The molecule has 0 bridgehead atoms. The van der Waals surface area contributed by atoms with Crippen LogP contribution in [0.2, 0.25) is 0 Å². The van der Waals surface area contributed by atoms with E-state index < -0.39 is 6.04 Å². The van der Waals surface area contributed by atoms with Crippen molar-refractivity contribution in [1.82, 2.24) is 0 Å². The molecule has 0 aliphatic rings. The van der Waals surface area contributed by atoms with Gasteiger partial charge in [0, 0.05) is 24.9 Å². The van der Waals surface area contributed by atoms with Crippen LogP contribution in [0.15, 0.2) is 66.7 Å². The average Bonchev–Trinajstić information content (AvgIpc) is 2.87. The van der Waals surface area contributed by atoms with Crippen molar-refractivity contribution in [3.8, 4) is 16.9 Å². The Morgan fingerprint density at radius 2 is 1.85 bits per heavy atom. The highest BCUT2D eigenvalue weighted by molar-refractivity contribution is 5.73. The van der Waals surface area contributed by atoms with Gasteiger partial charge in [-0.2, -0.15) is 0 Å². The van der Waals surface area contributed by atoms with Crippen LogP contribution in [0.25, 0.3) is 11.1 Å². The van der Waals surface area contributed by atoms with E-state index in [9.17, 15) is 9.90 Å². The summed E-state index contributed by atoms with van der Waals surface area (Å²) in [6.07, 6.45) is 0.147. The molecule has 0 aliphatic heterocycles. The maximum Gasteiger partial charge on any atom is 0.310 e. The van der Waals surface area contributed by atoms with Crippen LogP contribution in [-0.4, -0.2) is 45.1 Å². The zero-order valence-electron chi connectivity index (χ0n) is 19.6.